The van der Waals surface area contributed by atoms with Crippen molar-refractivity contribution in [2.45, 2.75) is 0 Å². The summed E-state index contributed by atoms with van der Waals surface area (Å²) in [5.74, 6) is 0.314. The van der Waals surface area contributed by atoms with Gasteiger partial charge in [0.05, 0.1) is 29.1 Å². The van der Waals surface area contributed by atoms with Gasteiger partial charge in [-0.3, -0.25) is 4.79 Å². The van der Waals surface area contributed by atoms with Gasteiger partial charge >= 0.3 is 6.03 Å². The molecule has 0 radical (unpaired) electrons. The van der Waals surface area contributed by atoms with E-state index >= 15 is 0 Å². The van der Waals surface area contributed by atoms with Crippen LogP contribution < -0.4 is 25.9 Å². The van der Waals surface area contributed by atoms with Crippen LogP contribution >= 0.6 is 23.2 Å². The quantitative estimate of drug-likeness (QED) is 0.480. The molecule has 0 aliphatic rings. The van der Waals surface area contributed by atoms with E-state index in [1.165, 1.54) is 13.3 Å². The zero-order valence-electron chi connectivity index (χ0n) is 14.2. The average Bonchev–Trinajstić information content (AvgIpc) is 2.64. The van der Waals surface area contributed by atoms with Gasteiger partial charge in [-0.1, -0.05) is 29.3 Å². The molecule has 0 saturated carbocycles. The van der Waals surface area contributed by atoms with Gasteiger partial charge in [-0.05, 0) is 35.9 Å². The van der Waals surface area contributed by atoms with Crippen LogP contribution in [0.25, 0.3) is 0 Å². The zero-order valence-corrected chi connectivity index (χ0v) is 15.7. The molecule has 0 unspecified atom stereocenters. The number of benzene rings is 2. The highest BCUT2D eigenvalue weighted by atomic mass is 35.5. The van der Waals surface area contributed by atoms with Crippen LogP contribution in [0.2, 0.25) is 10.0 Å². The molecule has 8 nitrogen and oxygen atoms in total. The van der Waals surface area contributed by atoms with Gasteiger partial charge in [0.15, 0.2) is 18.1 Å². The number of amides is 3. The SMILES string of the molecule is COc1cc(/C=N/NC(N)=O)ccc1OCC(=O)Nc1cccc(Cl)c1Cl. The van der Waals surface area contributed by atoms with E-state index in [0.29, 0.717) is 27.8 Å². The Bertz CT molecular complexity index is 874. The van der Waals surface area contributed by atoms with Crippen molar-refractivity contribution < 1.29 is 19.1 Å². The van der Waals surface area contributed by atoms with Gasteiger partial charge in [0.25, 0.3) is 5.91 Å². The summed E-state index contributed by atoms with van der Waals surface area (Å²) in [5, 5.41) is 6.85. The number of carbonyl (C=O) groups excluding carboxylic acids is 2. The van der Waals surface area contributed by atoms with Crippen molar-refractivity contribution in [1.82, 2.24) is 5.43 Å². The minimum absolute atomic E-state index is 0.248. The van der Waals surface area contributed by atoms with Crippen molar-refractivity contribution in [2.75, 3.05) is 19.0 Å². The second-order valence-corrected chi connectivity index (χ2v) is 5.87. The maximum Gasteiger partial charge on any atom is 0.332 e. The predicted molar refractivity (Wildman–Crippen MR) is 104 cm³/mol. The molecule has 3 amide bonds. The summed E-state index contributed by atoms with van der Waals surface area (Å²) < 4.78 is 10.7. The summed E-state index contributed by atoms with van der Waals surface area (Å²) in [6.45, 7) is -0.268. The van der Waals surface area contributed by atoms with Crippen LogP contribution in [0.3, 0.4) is 0 Å². The number of nitrogens with zero attached hydrogens (tertiary/aromatic N) is 1. The summed E-state index contributed by atoms with van der Waals surface area (Å²) in [5.41, 5.74) is 8.01. The van der Waals surface area contributed by atoms with Gasteiger partial charge in [-0.15, -0.1) is 0 Å². The smallest absolute Gasteiger partial charge is 0.332 e. The molecule has 2 rings (SSSR count). The number of primary amides is 1. The van der Waals surface area contributed by atoms with Crippen LogP contribution in [0.5, 0.6) is 11.5 Å². The molecule has 0 aliphatic heterocycles. The van der Waals surface area contributed by atoms with Gasteiger partial charge in [0.2, 0.25) is 0 Å². The number of carbonyl (C=O) groups is 2. The molecule has 0 bridgehead atoms. The predicted octanol–water partition coefficient (Wildman–Crippen LogP) is 3.02. The molecule has 2 aromatic carbocycles. The molecule has 0 atom stereocenters. The van der Waals surface area contributed by atoms with E-state index in [-0.39, 0.29) is 11.6 Å². The fourth-order valence-corrected chi connectivity index (χ4v) is 2.33. The van der Waals surface area contributed by atoms with Crippen LogP contribution in [0.15, 0.2) is 41.5 Å². The van der Waals surface area contributed by atoms with Crippen molar-refractivity contribution in [3.63, 3.8) is 0 Å². The van der Waals surface area contributed by atoms with Crippen LogP contribution in [-0.2, 0) is 4.79 Å². The third-order valence-electron chi connectivity index (χ3n) is 3.16. The monoisotopic (exact) mass is 410 g/mol. The maximum absolute atomic E-state index is 12.1. The molecule has 0 heterocycles. The highest BCUT2D eigenvalue weighted by Crippen LogP contribution is 2.30. The molecule has 0 spiro atoms. The average molecular weight is 411 g/mol. The molecule has 10 heteroatoms. The number of hydrogen-bond donors (Lipinski definition) is 3. The first-order valence-corrected chi connectivity index (χ1v) is 8.29. The van der Waals surface area contributed by atoms with E-state index < -0.39 is 11.9 Å². The Morgan fingerprint density at radius 3 is 2.70 bits per heavy atom. The first-order valence-electron chi connectivity index (χ1n) is 7.54. The van der Waals surface area contributed by atoms with Crippen molar-refractivity contribution in [3.8, 4) is 11.5 Å². The van der Waals surface area contributed by atoms with E-state index in [9.17, 15) is 9.59 Å². The number of nitrogens with two attached hydrogens (primary N) is 1. The van der Waals surface area contributed by atoms with Gasteiger partial charge < -0.3 is 20.5 Å². The number of ether oxygens (including phenoxy) is 2. The number of hydrazone groups is 1. The Morgan fingerprint density at radius 1 is 1.22 bits per heavy atom. The molecule has 0 aromatic heterocycles. The van der Waals surface area contributed by atoms with Crippen molar-refractivity contribution in [2.24, 2.45) is 10.8 Å². The molecular weight excluding hydrogens is 395 g/mol. The molecule has 4 N–H and O–H groups in total. The number of nitrogens with one attached hydrogen (secondary N) is 2. The Kier molecular flexibility index (Phi) is 7.27. The van der Waals surface area contributed by atoms with Gasteiger partial charge in [-0.2, -0.15) is 5.10 Å². The molecular formula is C17H16Cl2N4O4. The second kappa shape index (κ2) is 9.65. The van der Waals surface area contributed by atoms with Gasteiger partial charge in [-0.25, -0.2) is 10.2 Å². The first-order chi connectivity index (χ1) is 12.9. The fraction of sp³-hybridized carbons (Fsp3) is 0.118. The van der Waals surface area contributed by atoms with Crippen LogP contribution in [0.4, 0.5) is 10.5 Å². The normalized spacial score (nSPS) is 10.5. The van der Waals surface area contributed by atoms with Crippen LogP contribution in [0.1, 0.15) is 5.56 Å². The number of hydrogen-bond acceptors (Lipinski definition) is 5. The van der Waals surface area contributed by atoms with Crippen LogP contribution in [0, 0.1) is 0 Å². The molecule has 0 aliphatic carbocycles. The first kappa shape index (κ1) is 20.3. The Balaban J connectivity index is 2.00. The summed E-state index contributed by atoms with van der Waals surface area (Å²) >= 11 is 11.9. The lowest BCUT2D eigenvalue weighted by molar-refractivity contribution is -0.118. The standard InChI is InChI=1S/C17H16Cl2N4O4/c1-26-14-7-10(8-21-23-17(20)25)5-6-13(14)27-9-15(24)22-12-4-2-3-11(18)16(12)19/h2-8H,9H2,1H3,(H,22,24)(H3,20,23,25)/b21-8+. The lowest BCUT2D eigenvalue weighted by Gasteiger charge is -2.12. The summed E-state index contributed by atoms with van der Waals surface area (Å²) in [6.07, 6.45) is 1.38. The third-order valence-corrected chi connectivity index (χ3v) is 3.98. The Hall–Kier alpha value is -2.97. The third kappa shape index (κ3) is 6.05. The summed E-state index contributed by atoms with van der Waals surface area (Å²) in [7, 11) is 1.45. The lowest BCUT2D eigenvalue weighted by Crippen LogP contribution is -2.24. The lowest BCUT2D eigenvalue weighted by atomic mass is 10.2. The molecule has 27 heavy (non-hydrogen) atoms. The fourth-order valence-electron chi connectivity index (χ4n) is 1.98. The van der Waals surface area contributed by atoms with Crippen molar-refractivity contribution in [1.29, 1.82) is 0 Å². The second-order valence-electron chi connectivity index (χ2n) is 5.08. The molecule has 0 saturated heterocycles. The Labute approximate surface area is 165 Å². The highest BCUT2D eigenvalue weighted by Gasteiger charge is 2.11. The van der Waals surface area contributed by atoms with Gasteiger partial charge in [0, 0.05) is 0 Å². The highest BCUT2D eigenvalue weighted by molar-refractivity contribution is 6.44. The summed E-state index contributed by atoms with van der Waals surface area (Å²) in [6, 6.07) is 9.02. The van der Waals surface area contributed by atoms with E-state index in [1.807, 2.05) is 0 Å². The zero-order chi connectivity index (χ0) is 19.8. The van der Waals surface area contributed by atoms with E-state index in [0.717, 1.165) is 0 Å². The van der Waals surface area contributed by atoms with E-state index in [2.05, 4.69) is 15.8 Å². The molecule has 0 fully saturated rings. The number of rotatable bonds is 7. The van der Waals surface area contributed by atoms with E-state index in [4.69, 9.17) is 38.4 Å². The largest absolute Gasteiger partial charge is 0.493 e. The number of halogens is 2. The van der Waals surface area contributed by atoms with Crippen molar-refractivity contribution >= 4 is 47.0 Å². The van der Waals surface area contributed by atoms with E-state index in [1.54, 1.807) is 36.4 Å². The number of methoxy groups -OCH3 is 1. The van der Waals surface area contributed by atoms with Gasteiger partial charge in [0.1, 0.15) is 0 Å². The summed E-state index contributed by atoms with van der Waals surface area (Å²) in [4.78, 5) is 22.7. The minimum Gasteiger partial charge on any atom is -0.493 e. The van der Waals surface area contributed by atoms with Crippen LogP contribution in [-0.4, -0.2) is 31.9 Å². The Morgan fingerprint density at radius 2 is 2.00 bits per heavy atom. The number of anilines is 1. The molecule has 2 aromatic rings. The van der Waals surface area contributed by atoms with Crippen molar-refractivity contribution in [3.05, 3.63) is 52.0 Å². The number of urea groups is 1. The molecule has 142 valence electrons. The maximum atomic E-state index is 12.1. The minimum atomic E-state index is -0.774. The topological polar surface area (TPSA) is 115 Å².